The summed E-state index contributed by atoms with van der Waals surface area (Å²) in [5.41, 5.74) is 0.698. The highest BCUT2D eigenvalue weighted by Gasteiger charge is 2.43. The number of nitrogens with one attached hydrogen (secondary N) is 1. The predicted octanol–water partition coefficient (Wildman–Crippen LogP) is 4.53. The van der Waals surface area contributed by atoms with Gasteiger partial charge in [-0.05, 0) is 37.5 Å². The Morgan fingerprint density at radius 1 is 1.36 bits per heavy atom. The van der Waals surface area contributed by atoms with E-state index in [1.807, 2.05) is 24.3 Å². The molecule has 7 heteroatoms. The van der Waals surface area contributed by atoms with Crippen LogP contribution in [0.1, 0.15) is 48.7 Å². The number of ether oxygens (including phenoxy) is 1. The molecule has 0 bridgehead atoms. The molecule has 25 heavy (non-hydrogen) atoms. The molecule has 0 atom stereocenters. The minimum absolute atomic E-state index is 0.0622. The van der Waals surface area contributed by atoms with Crippen LogP contribution >= 0.6 is 27.3 Å². The first kappa shape index (κ1) is 18.1. The molecule has 1 aliphatic carbocycles. The second-order valence-corrected chi connectivity index (χ2v) is 7.79. The molecule has 1 aliphatic rings. The molecule has 0 unspecified atom stereocenters. The predicted molar refractivity (Wildman–Crippen MR) is 101 cm³/mol. The molecule has 0 aliphatic heterocycles. The van der Waals surface area contributed by atoms with Gasteiger partial charge in [-0.3, -0.25) is 4.79 Å². The summed E-state index contributed by atoms with van der Waals surface area (Å²) < 4.78 is 5.90. The Hall–Kier alpha value is -1.73. The van der Waals surface area contributed by atoms with Gasteiger partial charge in [-0.25, -0.2) is 9.78 Å². The van der Waals surface area contributed by atoms with E-state index in [1.54, 1.807) is 12.3 Å². The number of carbonyl (C=O) groups excluding carboxylic acids is 2. The summed E-state index contributed by atoms with van der Waals surface area (Å²) >= 11 is 4.72. The van der Waals surface area contributed by atoms with Crippen molar-refractivity contribution in [2.24, 2.45) is 0 Å². The maximum Gasteiger partial charge on any atom is 0.357 e. The van der Waals surface area contributed by atoms with E-state index in [0.717, 1.165) is 35.7 Å². The van der Waals surface area contributed by atoms with Gasteiger partial charge < -0.3 is 10.1 Å². The highest BCUT2D eigenvalue weighted by Crippen LogP contribution is 2.42. The maximum absolute atomic E-state index is 13.1. The second kappa shape index (κ2) is 7.66. The zero-order valence-electron chi connectivity index (χ0n) is 13.9. The molecule has 1 fully saturated rings. The van der Waals surface area contributed by atoms with Crippen molar-refractivity contribution in [1.29, 1.82) is 0 Å². The van der Waals surface area contributed by atoms with Crippen LogP contribution in [0.4, 0.5) is 5.13 Å². The van der Waals surface area contributed by atoms with Crippen molar-refractivity contribution in [2.45, 2.75) is 38.0 Å². The fourth-order valence-corrected chi connectivity index (χ4v) is 4.33. The van der Waals surface area contributed by atoms with Crippen LogP contribution in [0.15, 0.2) is 34.1 Å². The van der Waals surface area contributed by atoms with Crippen LogP contribution in [-0.4, -0.2) is 23.5 Å². The first-order chi connectivity index (χ1) is 12.0. The van der Waals surface area contributed by atoms with E-state index in [4.69, 9.17) is 4.74 Å². The molecule has 1 aromatic carbocycles. The van der Waals surface area contributed by atoms with Crippen LogP contribution in [0, 0.1) is 0 Å². The summed E-state index contributed by atoms with van der Waals surface area (Å²) in [6, 6.07) is 7.92. The third-order valence-corrected chi connectivity index (χ3v) is 5.73. The molecule has 1 amide bonds. The van der Waals surface area contributed by atoms with Gasteiger partial charge in [0.1, 0.15) is 0 Å². The number of amides is 1. The van der Waals surface area contributed by atoms with Crippen LogP contribution in [0.2, 0.25) is 0 Å². The molecule has 0 radical (unpaired) electrons. The molecule has 132 valence electrons. The summed E-state index contributed by atoms with van der Waals surface area (Å²) in [4.78, 5) is 29.0. The fraction of sp³-hybridized carbons (Fsp3) is 0.389. The number of anilines is 1. The quantitative estimate of drug-likeness (QED) is 0.718. The Kier molecular flexibility index (Phi) is 5.54. The van der Waals surface area contributed by atoms with E-state index < -0.39 is 11.4 Å². The van der Waals surface area contributed by atoms with Gasteiger partial charge in [-0.2, -0.15) is 0 Å². The normalized spacial score (nSPS) is 15.8. The number of rotatable bonds is 5. The number of esters is 1. The maximum atomic E-state index is 13.1. The zero-order valence-corrected chi connectivity index (χ0v) is 16.3. The molecule has 5 nitrogen and oxygen atoms in total. The highest BCUT2D eigenvalue weighted by atomic mass is 79.9. The Balaban J connectivity index is 1.82. The molecule has 1 saturated carbocycles. The molecular weight excluding hydrogens is 404 g/mol. The van der Waals surface area contributed by atoms with Gasteiger partial charge in [0, 0.05) is 9.85 Å². The summed E-state index contributed by atoms with van der Waals surface area (Å²) in [5, 5.41) is 4.94. The zero-order chi connectivity index (χ0) is 17.9. The van der Waals surface area contributed by atoms with Crippen molar-refractivity contribution in [3.05, 3.63) is 45.4 Å². The minimum Gasteiger partial charge on any atom is -0.461 e. The van der Waals surface area contributed by atoms with Crippen molar-refractivity contribution < 1.29 is 14.3 Å². The first-order valence-corrected chi connectivity index (χ1v) is 9.92. The van der Waals surface area contributed by atoms with Crippen molar-refractivity contribution >= 4 is 44.3 Å². The monoisotopic (exact) mass is 422 g/mol. The lowest BCUT2D eigenvalue weighted by Gasteiger charge is -2.28. The molecule has 0 saturated heterocycles. The summed E-state index contributed by atoms with van der Waals surface area (Å²) in [5.74, 6) is -0.533. The molecule has 2 aromatic rings. The number of aromatic nitrogens is 1. The second-order valence-electron chi connectivity index (χ2n) is 6.01. The van der Waals surface area contributed by atoms with E-state index in [9.17, 15) is 9.59 Å². The Morgan fingerprint density at radius 2 is 2.12 bits per heavy atom. The summed E-state index contributed by atoms with van der Waals surface area (Å²) in [7, 11) is 0. The largest absolute Gasteiger partial charge is 0.461 e. The number of halogens is 1. The molecule has 3 rings (SSSR count). The molecule has 1 aromatic heterocycles. The molecular formula is C18H19BrN2O3S. The van der Waals surface area contributed by atoms with E-state index >= 15 is 0 Å². The first-order valence-electron chi connectivity index (χ1n) is 8.25. The van der Waals surface area contributed by atoms with E-state index in [-0.39, 0.29) is 11.6 Å². The number of nitrogens with zero attached hydrogens (tertiary/aromatic N) is 1. The standard InChI is InChI=1S/C18H19BrN2O3S/c1-2-24-15(22)14-11-25-17(20-14)21-16(23)18(8-3-4-9-18)12-6-5-7-13(19)10-12/h5-7,10-11H,2-4,8-9H2,1H3,(H,20,21,23). The summed E-state index contributed by atoms with van der Waals surface area (Å²) in [6.07, 6.45) is 3.66. The molecule has 1 N–H and O–H groups in total. The van der Waals surface area contributed by atoms with Gasteiger partial charge in [-0.1, -0.05) is 40.9 Å². The van der Waals surface area contributed by atoms with Crippen LogP contribution in [0.25, 0.3) is 0 Å². The van der Waals surface area contributed by atoms with Crippen LogP contribution in [0.3, 0.4) is 0 Å². The average Bonchev–Trinajstić information content (AvgIpc) is 3.25. The number of carbonyl (C=O) groups is 2. The van der Waals surface area contributed by atoms with Gasteiger partial charge in [0.25, 0.3) is 0 Å². The van der Waals surface area contributed by atoms with Crippen molar-refractivity contribution in [1.82, 2.24) is 4.98 Å². The fourth-order valence-electron chi connectivity index (χ4n) is 3.26. The topological polar surface area (TPSA) is 68.3 Å². The van der Waals surface area contributed by atoms with Gasteiger partial charge in [-0.15, -0.1) is 11.3 Å². The Morgan fingerprint density at radius 3 is 2.80 bits per heavy atom. The molecule has 1 heterocycles. The number of hydrogen-bond donors (Lipinski definition) is 1. The van der Waals surface area contributed by atoms with Gasteiger partial charge >= 0.3 is 5.97 Å². The van der Waals surface area contributed by atoms with Crippen molar-refractivity contribution in [3.63, 3.8) is 0 Å². The van der Waals surface area contributed by atoms with Gasteiger partial charge in [0.15, 0.2) is 10.8 Å². The Labute approximate surface area is 158 Å². The van der Waals surface area contributed by atoms with Crippen LogP contribution in [0.5, 0.6) is 0 Å². The number of thiazole rings is 1. The Bertz CT molecular complexity index is 784. The lowest BCUT2D eigenvalue weighted by Crippen LogP contribution is -2.38. The van der Waals surface area contributed by atoms with Crippen LogP contribution < -0.4 is 5.32 Å². The van der Waals surface area contributed by atoms with E-state index in [1.165, 1.54) is 11.3 Å². The van der Waals surface area contributed by atoms with Crippen molar-refractivity contribution in [3.8, 4) is 0 Å². The SMILES string of the molecule is CCOC(=O)c1csc(NC(=O)C2(c3cccc(Br)c3)CCCC2)n1. The van der Waals surface area contributed by atoms with Crippen LogP contribution in [-0.2, 0) is 14.9 Å². The van der Waals surface area contributed by atoms with E-state index in [2.05, 4.69) is 26.2 Å². The number of hydrogen-bond acceptors (Lipinski definition) is 5. The third-order valence-electron chi connectivity index (χ3n) is 4.48. The average molecular weight is 423 g/mol. The van der Waals surface area contributed by atoms with Gasteiger partial charge in [0.05, 0.1) is 12.0 Å². The molecule has 0 spiro atoms. The van der Waals surface area contributed by atoms with E-state index in [0.29, 0.717) is 11.7 Å². The number of benzene rings is 1. The highest BCUT2D eigenvalue weighted by molar-refractivity contribution is 9.10. The lowest BCUT2D eigenvalue weighted by molar-refractivity contribution is -0.121. The van der Waals surface area contributed by atoms with Crippen molar-refractivity contribution in [2.75, 3.05) is 11.9 Å². The lowest BCUT2D eigenvalue weighted by atomic mass is 9.78. The van der Waals surface area contributed by atoms with Gasteiger partial charge in [0.2, 0.25) is 5.91 Å². The minimum atomic E-state index is -0.542. The summed E-state index contributed by atoms with van der Waals surface area (Å²) in [6.45, 7) is 2.04. The smallest absolute Gasteiger partial charge is 0.357 e. The third kappa shape index (κ3) is 3.77.